The fourth-order valence-electron chi connectivity index (χ4n) is 1.78. The molecule has 2 aromatic rings. The van der Waals surface area contributed by atoms with E-state index in [1.165, 1.54) is 6.07 Å². The Labute approximate surface area is 106 Å². The van der Waals surface area contributed by atoms with Crippen molar-refractivity contribution in [2.24, 2.45) is 11.7 Å². The monoisotopic (exact) mass is 247 g/mol. The molecule has 18 heavy (non-hydrogen) atoms. The third kappa shape index (κ3) is 2.43. The number of hydrogen-bond donors (Lipinski definition) is 2. The van der Waals surface area contributed by atoms with Crippen LogP contribution in [0.4, 0.5) is 4.39 Å². The highest BCUT2D eigenvalue weighted by atomic mass is 19.1. The Morgan fingerprint density at radius 2 is 2.06 bits per heavy atom. The Hall–Kier alpha value is -1.68. The minimum atomic E-state index is -0.197. The molecule has 0 aliphatic carbocycles. The second-order valence-electron chi connectivity index (χ2n) is 4.92. The highest BCUT2D eigenvalue weighted by Crippen LogP contribution is 2.23. The maximum atomic E-state index is 13.2. The molecular formula is C14H18FN3. The van der Waals surface area contributed by atoms with Crippen LogP contribution in [0.3, 0.4) is 0 Å². The van der Waals surface area contributed by atoms with E-state index in [2.05, 4.69) is 23.8 Å². The Bertz CT molecular complexity index is 546. The number of halogens is 1. The lowest BCUT2D eigenvalue weighted by molar-refractivity contribution is 0.494. The molecule has 96 valence electrons. The Balaban J connectivity index is 2.32. The third-order valence-corrected chi connectivity index (χ3v) is 3.10. The molecule has 0 unspecified atom stereocenters. The van der Waals surface area contributed by atoms with Gasteiger partial charge in [-0.2, -0.15) is 0 Å². The standard InChI is InChI=1S/C14H18FN3/c1-8(2)13(16)14-17-7-12(18-14)10-4-5-11(15)9(3)6-10/h4-8,13H,16H2,1-3H3,(H,17,18)/t13-/m0/s1. The number of nitrogens with two attached hydrogens (primary N) is 1. The number of rotatable bonds is 3. The maximum absolute atomic E-state index is 13.2. The first-order chi connectivity index (χ1) is 8.49. The largest absolute Gasteiger partial charge is 0.341 e. The number of benzene rings is 1. The molecule has 0 saturated carbocycles. The van der Waals surface area contributed by atoms with Gasteiger partial charge >= 0.3 is 0 Å². The van der Waals surface area contributed by atoms with Gasteiger partial charge in [0.25, 0.3) is 0 Å². The van der Waals surface area contributed by atoms with Crippen molar-refractivity contribution < 1.29 is 4.39 Å². The van der Waals surface area contributed by atoms with E-state index in [1.807, 2.05) is 0 Å². The molecule has 0 spiro atoms. The van der Waals surface area contributed by atoms with Crippen LogP contribution in [0.15, 0.2) is 24.4 Å². The topological polar surface area (TPSA) is 54.7 Å². The number of aryl methyl sites for hydroxylation is 1. The van der Waals surface area contributed by atoms with Gasteiger partial charge in [-0.1, -0.05) is 13.8 Å². The smallest absolute Gasteiger partial charge is 0.126 e. The fourth-order valence-corrected chi connectivity index (χ4v) is 1.78. The minimum absolute atomic E-state index is 0.111. The number of nitrogens with one attached hydrogen (secondary N) is 1. The van der Waals surface area contributed by atoms with Crippen molar-refractivity contribution >= 4 is 0 Å². The highest BCUT2D eigenvalue weighted by molar-refractivity contribution is 5.59. The summed E-state index contributed by atoms with van der Waals surface area (Å²) >= 11 is 0. The summed E-state index contributed by atoms with van der Waals surface area (Å²) in [7, 11) is 0. The molecule has 0 aliphatic heterocycles. The molecule has 0 bridgehead atoms. The van der Waals surface area contributed by atoms with E-state index < -0.39 is 0 Å². The molecule has 3 nitrogen and oxygen atoms in total. The van der Waals surface area contributed by atoms with E-state index in [9.17, 15) is 4.39 Å². The van der Waals surface area contributed by atoms with Crippen molar-refractivity contribution in [2.75, 3.05) is 0 Å². The first-order valence-electron chi connectivity index (χ1n) is 6.06. The fraction of sp³-hybridized carbons (Fsp3) is 0.357. The van der Waals surface area contributed by atoms with E-state index in [4.69, 9.17) is 5.73 Å². The second kappa shape index (κ2) is 4.90. The van der Waals surface area contributed by atoms with Gasteiger partial charge < -0.3 is 10.7 Å². The molecule has 0 fully saturated rings. The van der Waals surface area contributed by atoms with Crippen LogP contribution in [0.25, 0.3) is 11.3 Å². The van der Waals surface area contributed by atoms with Crippen LogP contribution in [0.2, 0.25) is 0 Å². The van der Waals surface area contributed by atoms with Gasteiger partial charge in [-0.25, -0.2) is 9.37 Å². The summed E-state index contributed by atoms with van der Waals surface area (Å²) in [6.07, 6.45) is 1.74. The summed E-state index contributed by atoms with van der Waals surface area (Å²) in [5.41, 5.74) is 8.44. The molecule has 1 atom stereocenters. The molecular weight excluding hydrogens is 229 g/mol. The number of nitrogens with zero attached hydrogens (tertiary/aromatic N) is 1. The molecule has 0 amide bonds. The second-order valence-corrected chi connectivity index (χ2v) is 4.92. The predicted molar refractivity (Wildman–Crippen MR) is 70.5 cm³/mol. The summed E-state index contributed by atoms with van der Waals surface area (Å²) in [6, 6.07) is 4.89. The number of hydrogen-bond acceptors (Lipinski definition) is 2. The van der Waals surface area contributed by atoms with Crippen molar-refractivity contribution in [1.29, 1.82) is 0 Å². The van der Waals surface area contributed by atoms with Crippen LogP contribution in [0.5, 0.6) is 0 Å². The van der Waals surface area contributed by atoms with Gasteiger partial charge in [0.1, 0.15) is 11.6 Å². The summed E-state index contributed by atoms with van der Waals surface area (Å²) < 4.78 is 13.2. The molecule has 1 heterocycles. The average molecular weight is 247 g/mol. The van der Waals surface area contributed by atoms with Crippen LogP contribution in [-0.2, 0) is 0 Å². The Morgan fingerprint density at radius 1 is 1.33 bits per heavy atom. The van der Waals surface area contributed by atoms with Crippen molar-refractivity contribution in [2.45, 2.75) is 26.8 Å². The number of H-pyrrole nitrogens is 1. The lowest BCUT2D eigenvalue weighted by Gasteiger charge is -2.12. The maximum Gasteiger partial charge on any atom is 0.126 e. The first-order valence-corrected chi connectivity index (χ1v) is 6.06. The van der Waals surface area contributed by atoms with Crippen LogP contribution in [0.1, 0.15) is 31.3 Å². The predicted octanol–water partition coefficient (Wildman–Crippen LogP) is 3.18. The van der Waals surface area contributed by atoms with E-state index in [0.717, 1.165) is 17.1 Å². The van der Waals surface area contributed by atoms with Crippen molar-refractivity contribution in [3.8, 4) is 11.3 Å². The Morgan fingerprint density at radius 3 is 2.67 bits per heavy atom. The van der Waals surface area contributed by atoms with Crippen LogP contribution in [-0.4, -0.2) is 9.97 Å². The van der Waals surface area contributed by atoms with Gasteiger partial charge in [0, 0.05) is 5.56 Å². The molecule has 0 radical (unpaired) electrons. The van der Waals surface area contributed by atoms with Crippen molar-refractivity contribution in [1.82, 2.24) is 9.97 Å². The number of aromatic nitrogens is 2. The van der Waals surface area contributed by atoms with Crippen LogP contribution >= 0.6 is 0 Å². The van der Waals surface area contributed by atoms with E-state index in [0.29, 0.717) is 11.5 Å². The zero-order chi connectivity index (χ0) is 13.3. The number of imidazole rings is 1. The zero-order valence-electron chi connectivity index (χ0n) is 10.9. The number of aromatic amines is 1. The lowest BCUT2D eigenvalue weighted by Crippen LogP contribution is -2.18. The van der Waals surface area contributed by atoms with Crippen molar-refractivity contribution in [3.63, 3.8) is 0 Å². The molecule has 1 aromatic carbocycles. The third-order valence-electron chi connectivity index (χ3n) is 3.10. The zero-order valence-corrected chi connectivity index (χ0v) is 10.9. The summed E-state index contributed by atoms with van der Waals surface area (Å²) in [5, 5.41) is 0. The van der Waals surface area contributed by atoms with Gasteiger partial charge in [0.05, 0.1) is 17.9 Å². The van der Waals surface area contributed by atoms with Gasteiger partial charge in [0.2, 0.25) is 0 Å². The quantitative estimate of drug-likeness (QED) is 0.875. The molecule has 1 aromatic heterocycles. The van der Waals surface area contributed by atoms with Crippen LogP contribution in [0, 0.1) is 18.7 Å². The van der Waals surface area contributed by atoms with Crippen molar-refractivity contribution in [3.05, 3.63) is 41.6 Å². The van der Waals surface area contributed by atoms with E-state index >= 15 is 0 Å². The molecule has 0 aliphatic rings. The van der Waals surface area contributed by atoms with E-state index in [-0.39, 0.29) is 11.9 Å². The van der Waals surface area contributed by atoms with Gasteiger partial charge in [-0.15, -0.1) is 0 Å². The van der Waals surface area contributed by atoms with Crippen LogP contribution < -0.4 is 5.73 Å². The normalized spacial score (nSPS) is 13.0. The highest BCUT2D eigenvalue weighted by Gasteiger charge is 2.14. The Kier molecular flexibility index (Phi) is 3.48. The van der Waals surface area contributed by atoms with Gasteiger partial charge in [-0.3, -0.25) is 0 Å². The molecule has 4 heteroatoms. The minimum Gasteiger partial charge on any atom is -0.341 e. The SMILES string of the molecule is Cc1cc(-c2cnc([C@@H](N)C(C)C)[nH]2)ccc1F. The first kappa shape index (κ1) is 12.8. The average Bonchev–Trinajstić information content (AvgIpc) is 2.81. The molecule has 2 rings (SSSR count). The molecule has 0 saturated heterocycles. The summed E-state index contributed by atoms with van der Waals surface area (Å²) in [5.74, 6) is 0.887. The summed E-state index contributed by atoms with van der Waals surface area (Å²) in [4.78, 5) is 7.49. The summed E-state index contributed by atoms with van der Waals surface area (Å²) in [6.45, 7) is 5.85. The van der Waals surface area contributed by atoms with Gasteiger partial charge in [-0.05, 0) is 36.6 Å². The van der Waals surface area contributed by atoms with E-state index in [1.54, 1.807) is 25.3 Å². The molecule has 3 N–H and O–H groups in total. The van der Waals surface area contributed by atoms with Gasteiger partial charge in [0.15, 0.2) is 0 Å². The lowest BCUT2D eigenvalue weighted by atomic mass is 10.1.